The second kappa shape index (κ2) is 5.17. The van der Waals surface area contributed by atoms with Gasteiger partial charge < -0.3 is 20.3 Å². The van der Waals surface area contributed by atoms with Crippen molar-refractivity contribution in [2.45, 2.75) is 0 Å². The van der Waals surface area contributed by atoms with Gasteiger partial charge in [-0.3, -0.25) is 10.1 Å². The molecule has 7 nitrogen and oxygen atoms in total. The van der Waals surface area contributed by atoms with Crippen LogP contribution in [0.1, 0.15) is 0 Å². The van der Waals surface area contributed by atoms with E-state index in [4.69, 9.17) is 9.84 Å². The van der Waals surface area contributed by atoms with Gasteiger partial charge >= 0.3 is 0 Å². The summed E-state index contributed by atoms with van der Waals surface area (Å²) in [6, 6.07) is 2.31. The molecule has 0 amide bonds. The molecule has 0 aromatic heterocycles. The van der Waals surface area contributed by atoms with Crippen molar-refractivity contribution < 1.29 is 19.9 Å². The fourth-order valence-electron chi connectivity index (χ4n) is 1.18. The number of rotatable bonds is 5. The van der Waals surface area contributed by atoms with Gasteiger partial charge in [0.25, 0.3) is 5.69 Å². The van der Waals surface area contributed by atoms with Crippen LogP contribution in [0.2, 0.25) is 0 Å². The first kappa shape index (κ1) is 12.1. The average molecular weight is 228 g/mol. The first-order chi connectivity index (χ1) is 7.60. The summed E-state index contributed by atoms with van der Waals surface area (Å²) in [5, 5.41) is 31.3. The van der Waals surface area contributed by atoms with Crippen LogP contribution < -0.4 is 10.1 Å². The Balaban J connectivity index is 3.10. The van der Waals surface area contributed by atoms with Crippen LogP contribution in [-0.2, 0) is 0 Å². The number of nitrogens with zero attached hydrogens (tertiary/aromatic N) is 1. The number of anilines is 1. The van der Waals surface area contributed by atoms with E-state index in [1.165, 1.54) is 13.1 Å². The van der Waals surface area contributed by atoms with Crippen LogP contribution in [0.5, 0.6) is 11.5 Å². The van der Waals surface area contributed by atoms with Crippen molar-refractivity contribution in [2.24, 2.45) is 0 Å². The number of phenols is 1. The van der Waals surface area contributed by atoms with Crippen molar-refractivity contribution in [2.75, 3.05) is 25.6 Å². The Bertz CT molecular complexity index is 394. The van der Waals surface area contributed by atoms with E-state index in [1.807, 2.05) is 0 Å². The molecule has 0 aliphatic rings. The van der Waals surface area contributed by atoms with E-state index in [0.717, 1.165) is 6.07 Å². The molecular weight excluding hydrogens is 216 g/mol. The first-order valence-electron chi connectivity index (χ1n) is 4.53. The van der Waals surface area contributed by atoms with Crippen LogP contribution in [0.15, 0.2) is 12.1 Å². The number of nitrogens with one attached hydrogen (secondary N) is 1. The quantitative estimate of drug-likeness (QED) is 0.389. The zero-order valence-electron chi connectivity index (χ0n) is 8.64. The lowest BCUT2D eigenvalue weighted by Crippen LogP contribution is -2.03. The van der Waals surface area contributed by atoms with Crippen LogP contribution in [-0.4, -0.2) is 35.4 Å². The molecule has 0 atom stereocenters. The molecule has 0 aliphatic heterocycles. The van der Waals surface area contributed by atoms with E-state index < -0.39 is 4.92 Å². The van der Waals surface area contributed by atoms with Crippen molar-refractivity contribution >= 4 is 11.4 Å². The molecule has 1 aromatic carbocycles. The molecule has 16 heavy (non-hydrogen) atoms. The second-order valence-electron chi connectivity index (χ2n) is 2.92. The first-order valence-corrected chi connectivity index (χ1v) is 4.53. The van der Waals surface area contributed by atoms with Gasteiger partial charge in [-0.05, 0) is 0 Å². The van der Waals surface area contributed by atoms with Crippen molar-refractivity contribution in [3.63, 3.8) is 0 Å². The number of aromatic hydroxyl groups is 1. The van der Waals surface area contributed by atoms with Gasteiger partial charge in [0.05, 0.1) is 17.6 Å². The van der Waals surface area contributed by atoms with Gasteiger partial charge in [-0.2, -0.15) is 0 Å². The highest BCUT2D eigenvalue weighted by atomic mass is 16.6. The van der Waals surface area contributed by atoms with E-state index >= 15 is 0 Å². The number of ether oxygens (including phenoxy) is 1. The van der Waals surface area contributed by atoms with Gasteiger partial charge in [0.15, 0.2) is 11.5 Å². The molecule has 0 unspecified atom stereocenters. The monoisotopic (exact) mass is 228 g/mol. The normalized spacial score (nSPS) is 9.88. The summed E-state index contributed by atoms with van der Waals surface area (Å²) < 4.78 is 5.00. The number of hydrogen-bond donors (Lipinski definition) is 3. The lowest BCUT2D eigenvalue weighted by molar-refractivity contribution is -0.384. The maximum Gasteiger partial charge on any atom is 0.296 e. The molecule has 0 heterocycles. The third-order valence-electron chi connectivity index (χ3n) is 1.89. The molecule has 7 heteroatoms. The van der Waals surface area contributed by atoms with Gasteiger partial charge in [-0.1, -0.05) is 0 Å². The number of aliphatic hydroxyl groups excluding tert-OH is 1. The van der Waals surface area contributed by atoms with E-state index in [1.54, 1.807) is 0 Å². The lowest BCUT2D eigenvalue weighted by atomic mass is 10.2. The fourth-order valence-corrected chi connectivity index (χ4v) is 1.18. The smallest absolute Gasteiger partial charge is 0.296 e. The molecule has 3 N–H and O–H groups in total. The Morgan fingerprint density at radius 1 is 1.56 bits per heavy atom. The third-order valence-corrected chi connectivity index (χ3v) is 1.89. The van der Waals surface area contributed by atoms with Gasteiger partial charge in [-0.25, -0.2) is 0 Å². The SMILES string of the molecule is CNc1cc(OCCO)c(O)cc1[N+](=O)[O-]. The molecular formula is C9H12N2O5. The van der Waals surface area contributed by atoms with E-state index in [-0.39, 0.29) is 36.1 Å². The molecule has 0 bridgehead atoms. The molecule has 1 rings (SSSR count). The van der Waals surface area contributed by atoms with Crippen molar-refractivity contribution in [3.8, 4) is 11.5 Å². The molecule has 0 spiro atoms. The maximum atomic E-state index is 10.6. The van der Waals surface area contributed by atoms with E-state index in [9.17, 15) is 15.2 Å². The predicted octanol–water partition coefficient (Wildman–Crippen LogP) is 0.713. The minimum Gasteiger partial charge on any atom is -0.504 e. The zero-order valence-corrected chi connectivity index (χ0v) is 8.64. The van der Waals surface area contributed by atoms with E-state index in [0.29, 0.717) is 0 Å². The second-order valence-corrected chi connectivity index (χ2v) is 2.92. The number of nitro benzene ring substituents is 1. The molecule has 0 saturated carbocycles. The topological polar surface area (TPSA) is 105 Å². The minimum atomic E-state index is -0.610. The molecule has 0 saturated heterocycles. The average Bonchev–Trinajstić information content (AvgIpc) is 2.26. The fraction of sp³-hybridized carbons (Fsp3) is 0.333. The predicted molar refractivity (Wildman–Crippen MR) is 56.9 cm³/mol. The molecule has 0 radical (unpaired) electrons. The highest BCUT2D eigenvalue weighted by Crippen LogP contribution is 2.36. The zero-order chi connectivity index (χ0) is 12.1. The highest BCUT2D eigenvalue weighted by Gasteiger charge is 2.17. The van der Waals surface area contributed by atoms with Crippen molar-refractivity contribution in [1.29, 1.82) is 0 Å². The molecule has 0 aliphatic carbocycles. The molecule has 0 fully saturated rings. The van der Waals surface area contributed by atoms with Crippen molar-refractivity contribution in [3.05, 3.63) is 22.2 Å². The summed E-state index contributed by atoms with van der Waals surface area (Å²) in [5.74, 6) is -0.247. The van der Waals surface area contributed by atoms with Gasteiger partial charge in [-0.15, -0.1) is 0 Å². The maximum absolute atomic E-state index is 10.6. The molecule has 1 aromatic rings. The van der Waals surface area contributed by atoms with Crippen LogP contribution in [0, 0.1) is 10.1 Å². The summed E-state index contributed by atoms with van der Waals surface area (Å²) >= 11 is 0. The highest BCUT2D eigenvalue weighted by molar-refractivity contribution is 5.67. The summed E-state index contributed by atoms with van der Waals surface area (Å²) in [5.41, 5.74) is -0.00733. The van der Waals surface area contributed by atoms with Crippen molar-refractivity contribution in [1.82, 2.24) is 0 Å². The summed E-state index contributed by atoms with van der Waals surface area (Å²) in [7, 11) is 1.52. The number of benzene rings is 1. The molecule has 88 valence electrons. The van der Waals surface area contributed by atoms with Crippen LogP contribution in [0.25, 0.3) is 0 Å². The van der Waals surface area contributed by atoms with Crippen LogP contribution in [0.3, 0.4) is 0 Å². The van der Waals surface area contributed by atoms with Gasteiger partial charge in [0.2, 0.25) is 0 Å². The largest absolute Gasteiger partial charge is 0.504 e. The van der Waals surface area contributed by atoms with Gasteiger partial charge in [0, 0.05) is 13.1 Å². The number of phenolic OH excluding ortho intramolecular Hbond substituents is 1. The summed E-state index contributed by atoms with van der Waals surface area (Å²) in [6.07, 6.45) is 0. The minimum absolute atomic E-state index is 0.00846. The summed E-state index contributed by atoms with van der Waals surface area (Å²) in [4.78, 5) is 10.0. The lowest BCUT2D eigenvalue weighted by Gasteiger charge is -2.09. The Labute approximate surface area is 91.4 Å². The summed E-state index contributed by atoms with van der Waals surface area (Å²) in [6.45, 7) is -0.195. The van der Waals surface area contributed by atoms with Crippen LogP contribution in [0.4, 0.5) is 11.4 Å². The third kappa shape index (κ3) is 2.51. The number of nitro groups is 1. The number of hydrogen-bond acceptors (Lipinski definition) is 6. The Morgan fingerprint density at radius 2 is 2.25 bits per heavy atom. The van der Waals surface area contributed by atoms with Crippen LogP contribution >= 0.6 is 0 Å². The standard InChI is InChI=1S/C9H12N2O5/c1-10-6-4-9(16-3-2-12)8(13)5-7(6)11(14)15/h4-5,10,12-13H,2-3H2,1H3. The van der Waals surface area contributed by atoms with E-state index in [2.05, 4.69) is 5.32 Å². The van der Waals surface area contributed by atoms with Gasteiger partial charge in [0.1, 0.15) is 12.3 Å². The Kier molecular flexibility index (Phi) is 3.90. The Hall–Kier alpha value is -2.02. The Morgan fingerprint density at radius 3 is 2.75 bits per heavy atom. The number of aliphatic hydroxyl groups is 1.